The maximum absolute atomic E-state index is 5.27. The number of hydrogen-bond acceptors (Lipinski definition) is 2. The lowest BCUT2D eigenvalue weighted by molar-refractivity contribution is 0.132. The molecule has 0 unspecified atom stereocenters. The van der Waals surface area contributed by atoms with E-state index in [2.05, 4.69) is 17.9 Å². The van der Waals surface area contributed by atoms with Gasteiger partial charge in [0.1, 0.15) is 12.8 Å². The number of benzene rings is 2. The Morgan fingerprint density at radius 2 is 2.05 bits per heavy atom. The molecule has 2 aromatic rings. The molecule has 0 aliphatic heterocycles. The van der Waals surface area contributed by atoms with Crippen LogP contribution >= 0.6 is 0 Å². The van der Waals surface area contributed by atoms with Crippen molar-refractivity contribution in [1.29, 1.82) is 0 Å². The van der Waals surface area contributed by atoms with Crippen LogP contribution in [0, 0.1) is 6.92 Å². The Morgan fingerprint density at radius 3 is 2.84 bits per heavy atom. The van der Waals surface area contributed by atoms with E-state index in [1.165, 1.54) is 5.56 Å². The highest BCUT2D eigenvalue weighted by Gasteiger charge is 1.97. The van der Waals surface area contributed by atoms with Crippen molar-refractivity contribution in [2.45, 2.75) is 13.5 Å². The van der Waals surface area contributed by atoms with Gasteiger partial charge in [0.2, 0.25) is 0 Å². The second-order valence-corrected chi connectivity index (χ2v) is 4.25. The largest absolute Gasteiger partial charge is 0.390 e. The SMILES string of the molecule is C=Cc1ccccc1CO/N=[C]\c1cccc(C)c1. The van der Waals surface area contributed by atoms with E-state index in [4.69, 9.17) is 4.84 Å². The molecule has 0 aliphatic carbocycles. The summed E-state index contributed by atoms with van der Waals surface area (Å²) in [4.78, 5) is 5.27. The molecule has 2 aromatic carbocycles. The molecule has 0 fully saturated rings. The number of aryl methyl sites for hydroxylation is 1. The average molecular weight is 250 g/mol. The molecule has 0 spiro atoms. The standard InChI is InChI=1S/C17H16NO/c1-3-16-9-4-5-10-17(16)13-19-18-12-15-8-6-7-14(2)11-15/h3-11H,1,13H2,2H3. The van der Waals surface area contributed by atoms with Gasteiger partial charge in [-0.25, -0.2) is 0 Å². The molecule has 0 saturated heterocycles. The molecule has 19 heavy (non-hydrogen) atoms. The molecule has 0 heterocycles. The van der Waals surface area contributed by atoms with E-state index in [0.717, 1.165) is 16.7 Å². The van der Waals surface area contributed by atoms with Crippen molar-refractivity contribution < 1.29 is 4.84 Å². The third kappa shape index (κ3) is 3.81. The van der Waals surface area contributed by atoms with Crippen LogP contribution in [0.3, 0.4) is 0 Å². The smallest absolute Gasteiger partial charge is 0.142 e. The van der Waals surface area contributed by atoms with Gasteiger partial charge in [-0.15, -0.1) is 0 Å². The molecule has 0 N–H and O–H groups in total. The van der Waals surface area contributed by atoms with Crippen LogP contribution in [0.25, 0.3) is 6.08 Å². The zero-order valence-electron chi connectivity index (χ0n) is 11.0. The summed E-state index contributed by atoms with van der Waals surface area (Å²) < 4.78 is 0. The highest BCUT2D eigenvalue weighted by atomic mass is 16.6. The second-order valence-electron chi connectivity index (χ2n) is 4.25. The van der Waals surface area contributed by atoms with Crippen LogP contribution in [0.2, 0.25) is 0 Å². The van der Waals surface area contributed by atoms with Crippen LogP contribution in [-0.4, -0.2) is 6.21 Å². The van der Waals surface area contributed by atoms with Crippen LogP contribution in [0.4, 0.5) is 0 Å². The fourth-order valence-corrected chi connectivity index (χ4v) is 1.77. The van der Waals surface area contributed by atoms with E-state index in [1.54, 1.807) is 0 Å². The molecule has 95 valence electrons. The first-order chi connectivity index (χ1) is 9.29. The highest BCUT2D eigenvalue weighted by Crippen LogP contribution is 2.11. The molecule has 1 radical (unpaired) electrons. The van der Waals surface area contributed by atoms with Crippen molar-refractivity contribution in [2.75, 3.05) is 0 Å². The fourth-order valence-electron chi connectivity index (χ4n) is 1.77. The lowest BCUT2D eigenvalue weighted by Crippen LogP contribution is -1.91. The quantitative estimate of drug-likeness (QED) is 0.579. The van der Waals surface area contributed by atoms with E-state index in [0.29, 0.717) is 6.61 Å². The van der Waals surface area contributed by atoms with Gasteiger partial charge in [-0.05, 0) is 24.1 Å². The summed E-state index contributed by atoms with van der Waals surface area (Å²) in [5.74, 6) is 0. The van der Waals surface area contributed by atoms with Gasteiger partial charge in [-0.3, -0.25) is 0 Å². The molecule has 0 bridgehead atoms. The van der Waals surface area contributed by atoms with Gasteiger partial charge in [-0.1, -0.05) is 65.8 Å². The van der Waals surface area contributed by atoms with E-state index in [9.17, 15) is 0 Å². The highest BCUT2D eigenvalue weighted by molar-refractivity contribution is 5.79. The summed E-state index contributed by atoms with van der Waals surface area (Å²) in [6, 6.07) is 15.9. The van der Waals surface area contributed by atoms with Crippen molar-refractivity contribution in [3.05, 3.63) is 77.4 Å². The van der Waals surface area contributed by atoms with Crippen molar-refractivity contribution in [3.8, 4) is 0 Å². The molecular weight excluding hydrogens is 234 g/mol. The average Bonchev–Trinajstić information content (AvgIpc) is 2.44. The first-order valence-electron chi connectivity index (χ1n) is 6.14. The van der Waals surface area contributed by atoms with Gasteiger partial charge < -0.3 is 4.84 Å². The van der Waals surface area contributed by atoms with Crippen LogP contribution in [0.1, 0.15) is 22.3 Å². The van der Waals surface area contributed by atoms with Gasteiger partial charge in [0.25, 0.3) is 0 Å². The second kappa shape index (κ2) is 6.55. The van der Waals surface area contributed by atoms with Gasteiger partial charge >= 0.3 is 0 Å². The zero-order valence-corrected chi connectivity index (χ0v) is 11.0. The van der Waals surface area contributed by atoms with E-state index >= 15 is 0 Å². The van der Waals surface area contributed by atoms with Crippen molar-refractivity contribution in [3.63, 3.8) is 0 Å². The molecule has 0 aliphatic rings. The normalized spacial score (nSPS) is 10.6. The van der Waals surface area contributed by atoms with Crippen LogP contribution < -0.4 is 0 Å². The Balaban J connectivity index is 1.95. The zero-order chi connectivity index (χ0) is 13.5. The molecule has 0 saturated carbocycles. The molecule has 2 heteroatoms. The third-order valence-corrected chi connectivity index (χ3v) is 2.75. The van der Waals surface area contributed by atoms with Crippen molar-refractivity contribution in [1.82, 2.24) is 0 Å². The predicted octanol–water partition coefficient (Wildman–Crippen LogP) is 4.07. The minimum Gasteiger partial charge on any atom is -0.390 e. The van der Waals surface area contributed by atoms with Gasteiger partial charge in [0, 0.05) is 5.56 Å². The lowest BCUT2D eigenvalue weighted by Gasteiger charge is -2.03. The fraction of sp³-hybridized carbons (Fsp3) is 0.118. The molecule has 0 atom stereocenters. The summed E-state index contributed by atoms with van der Waals surface area (Å²) in [6.45, 7) is 6.23. The monoisotopic (exact) mass is 250 g/mol. The molecule has 2 nitrogen and oxygen atoms in total. The van der Waals surface area contributed by atoms with Crippen LogP contribution in [0.5, 0.6) is 0 Å². The minimum atomic E-state index is 0.418. The number of nitrogens with zero attached hydrogens (tertiary/aromatic N) is 1. The lowest BCUT2D eigenvalue weighted by atomic mass is 10.1. The first kappa shape index (κ1) is 13.1. The maximum Gasteiger partial charge on any atom is 0.142 e. The molecular formula is C17H16NO. The summed E-state index contributed by atoms with van der Waals surface area (Å²) >= 11 is 0. The Kier molecular flexibility index (Phi) is 4.51. The van der Waals surface area contributed by atoms with Crippen LogP contribution in [-0.2, 0) is 11.4 Å². The summed E-state index contributed by atoms with van der Waals surface area (Å²) in [6.07, 6.45) is 4.68. The van der Waals surface area contributed by atoms with Crippen molar-refractivity contribution >= 4 is 12.3 Å². The minimum absolute atomic E-state index is 0.418. The Hall–Kier alpha value is -2.35. The Bertz CT molecular complexity index is 587. The first-order valence-corrected chi connectivity index (χ1v) is 6.14. The molecule has 0 amide bonds. The summed E-state index contributed by atoms with van der Waals surface area (Å²) in [5.41, 5.74) is 4.22. The molecule has 2 rings (SSSR count). The van der Waals surface area contributed by atoms with Gasteiger partial charge in [0.15, 0.2) is 0 Å². The van der Waals surface area contributed by atoms with E-state index in [1.807, 2.05) is 61.5 Å². The van der Waals surface area contributed by atoms with E-state index in [-0.39, 0.29) is 0 Å². The third-order valence-electron chi connectivity index (χ3n) is 2.75. The van der Waals surface area contributed by atoms with Gasteiger partial charge in [-0.2, -0.15) is 0 Å². The van der Waals surface area contributed by atoms with Crippen LogP contribution in [0.15, 0.2) is 60.3 Å². The number of hydrogen-bond donors (Lipinski definition) is 0. The Labute approximate surface area is 114 Å². The molecule has 0 aromatic heterocycles. The van der Waals surface area contributed by atoms with Gasteiger partial charge in [0.05, 0.1) is 0 Å². The van der Waals surface area contributed by atoms with Crippen molar-refractivity contribution in [2.24, 2.45) is 5.16 Å². The van der Waals surface area contributed by atoms with E-state index < -0.39 is 0 Å². The Morgan fingerprint density at radius 1 is 1.21 bits per heavy atom. The maximum atomic E-state index is 5.27. The summed E-state index contributed by atoms with van der Waals surface area (Å²) in [7, 11) is 0. The topological polar surface area (TPSA) is 21.6 Å². The number of rotatable bonds is 5. The summed E-state index contributed by atoms with van der Waals surface area (Å²) in [5, 5.41) is 3.87. The predicted molar refractivity (Wildman–Crippen MR) is 79.0 cm³/mol.